The number of hydrogen-bond acceptors (Lipinski definition) is 3. The first-order valence-electron chi connectivity index (χ1n) is 7.30. The Morgan fingerprint density at radius 1 is 1.29 bits per heavy atom. The Balaban J connectivity index is 1.66. The molecule has 1 heterocycles. The molecular formula is C18H15ClFNO3. The van der Waals surface area contributed by atoms with Crippen molar-refractivity contribution in [3.8, 4) is 11.5 Å². The van der Waals surface area contributed by atoms with Gasteiger partial charge in [-0.1, -0.05) is 23.7 Å². The van der Waals surface area contributed by atoms with E-state index in [4.69, 9.17) is 21.1 Å². The third kappa shape index (κ3) is 3.68. The zero-order chi connectivity index (χ0) is 17.1. The molecule has 0 saturated carbocycles. The van der Waals surface area contributed by atoms with Crippen molar-refractivity contribution in [3.63, 3.8) is 0 Å². The van der Waals surface area contributed by atoms with Crippen LogP contribution in [0.3, 0.4) is 0 Å². The summed E-state index contributed by atoms with van der Waals surface area (Å²) >= 11 is 6.11. The average molecular weight is 348 g/mol. The lowest BCUT2D eigenvalue weighted by molar-refractivity contribution is -0.125. The number of ether oxygens (including phenoxy) is 2. The number of benzene rings is 2. The van der Waals surface area contributed by atoms with Crippen LogP contribution in [-0.4, -0.2) is 24.6 Å². The summed E-state index contributed by atoms with van der Waals surface area (Å²) in [5.74, 6) is 0.614. The van der Waals surface area contributed by atoms with Gasteiger partial charge in [-0.15, -0.1) is 0 Å². The van der Waals surface area contributed by atoms with Crippen LogP contribution >= 0.6 is 11.6 Å². The van der Waals surface area contributed by atoms with Crippen LogP contribution in [0.25, 0.3) is 6.08 Å². The molecule has 0 atom stereocenters. The van der Waals surface area contributed by atoms with Crippen molar-refractivity contribution in [2.24, 2.45) is 0 Å². The lowest BCUT2D eigenvalue weighted by atomic mass is 10.1. The minimum atomic E-state index is -0.299. The van der Waals surface area contributed by atoms with E-state index in [0.29, 0.717) is 23.1 Å². The standard InChI is InChI=1S/C18H15ClFNO3/c1-21(10-12-2-5-14(20)6-3-12)17(22)7-4-13-8-15(19)18-16(9-13)23-11-24-18/h2-9H,10-11H2,1H3/b7-4+. The lowest BCUT2D eigenvalue weighted by Crippen LogP contribution is -2.24. The van der Waals surface area contributed by atoms with Crippen LogP contribution in [0.2, 0.25) is 5.02 Å². The Morgan fingerprint density at radius 3 is 2.79 bits per heavy atom. The highest BCUT2D eigenvalue weighted by Crippen LogP contribution is 2.40. The summed E-state index contributed by atoms with van der Waals surface area (Å²) in [5.41, 5.74) is 1.60. The minimum absolute atomic E-state index is 0.140. The first-order valence-corrected chi connectivity index (χ1v) is 7.67. The van der Waals surface area contributed by atoms with Crippen LogP contribution < -0.4 is 9.47 Å². The predicted octanol–water partition coefficient (Wildman–Crippen LogP) is 3.88. The number of nitrogens with zero attached hydrogens (tertiary/aromatic N) is 1. The van der Waals surface area contributed by atoms with E-state index in [1.54, 1.807) is 42.3 Å². The number of halogens is 2. The van der Waals surface area contributed by atoms with E-state index < -0.39 is 0 Å². The van der Waals surface area contributed by atoms with E-state index in [-0.39, 0.29) is 18.5 Å². The fraction of sp³-hybridized carbons (Fsp3) is 0.167. The third-order valence-corrected chi connectivity index (χ3v) is 3.86. The van der Waals surface area contributed by atoms with Crippen LogP contribution in [0, 0.1) is 5.82 Å². The molecule has 124 valence electrons. The molecule has 2 aromatic rings. The molecule has 0 radical (unpaired) electrons. The van der Waals surface area contributed by atoms with Crippen LogP contribution in [0.15, 0.2) is 42.5 Å². The molecule has 0 bridgehead atoms. The zero-order valence-electron chi connectivity index (χ0n) is 13.0. The second-order valence-corrected chi connectivity index (χ2v) is 5.80. The molecule has 0 fully saturated rings. The fourth-order valence-corrected chi connectivity index (χ4v) is 2.59. The van der Waals surface area contributed by atoms with Gasteiger partial charge in [0.2, 0.25) is 12.7 Å². The largest absolute Gasteiger partial charge is 0.454 e. The van der Waals surface area contributed by atoms with Crippen LogP contribution in [-0.2, 0) is 11.3 Å². The van der Waals surface area contributed by atoms with E-state index in [1.807, 2.05) is 0 Å². The van der Waals surface area contributed by atoms with E-state index >= 15 is 0 Å². The third-order valence-electron chi connectivity index (χ3n) is 3.58. The van der Waals surface area contributed by atoms with Crippen molar-refractivity contribution < 1.29 is 18.7 Å². The van der Waals surface area contributed by atoms with E-state index in [0.717, 1.165) is 11.1 Å². The molecule has 4 nitrogen and oxygen atoms in total. The van der Waals surface area contributed by atoms with Crippen LogP contribution in [0.5, 0.6) is 11.5 Å². The van der Waals surface area contributed by atoms with Gasteiger partial charge < -0.3 is 14.4 Å². The number of carbonyl (C=O) groups excluding carboxylic acids is 1. The number of amides is 1. The van der Waals surface area contributed by atoms with Crippen molar-refractivity contribution in [2.75, 3.05) is 13.8 Å². The van der Waals surface area contributed by atoms with Crippen LogP contribution in [0.4, 0.5) is 4.39 Å². The zero-order valence-corrected chi connectivity index (χ0v) is 13.7. The van der Waals surface area contributed by atoms with Crippen molar-refractivity contribution in [3.05, 3.63) is 64.4 Å². The van der Waals surface area contributed by atoms with Gasteiger partial charge in [-0.05, 0) is 41.5 Å². The molecule has 0 aromatic heterocycles. The summed E-state index contributed by atoms with van der Waals surface area (Å²) in [4.78, 5) is 13.7. The van der Waals surface area contributed by atoms with Crippen molar-refractivity contribution in [1.82, 2.24) is 4.90 Å². The second-order valence-electron chi connectivity index (χ2n) is 5.39. The normalized spacial score (nSPS) is 12.6. The molecule has 1 aliphatic heterocycles. The maximum Gasteiger partial charge on any atom is 0.246 e. The first-order chi connectivity index (χ1) is 11.5. The SMILES string of the molecule is CN(Cc1ccc(F)cc1)C(=O)/C=C/c1cc(Cl)c2c(c1)OCO2. The van der Waals surface area contributed by atoms with E-state index in [9.17, 15) is 9.18 Å². The highest BCUT2D eigenvalue weighted by molar-refractivity contribution is 6.32. The Kier molecular flexibility index (Phi) is 4.71. The quantitative estimate of drug-likeness (QED) is 0.788. The fourth-order valence-electron chi connectivity index (χ4n) is 2.32. The first kappa shape index (κ1) is 16.3. The maximum atomic E-state index is 12.9. The Morgan fingerprint density at radius 2 is 2.04 bits per heavy atom. The molecule has 0 saturated heterocycles. The molecular weight excluding hydrogens is 333 g/mol. The van der Waals surface area contributed by atoms with Gasteiger partial charge in [0.25, 0.3) is 0 Å². The van der Waals surface area contributed by atoms with Gasteiger partial charge >= 0.3 is 0 Å². The molecule has 6 heteroatoms. The molecule has 0 unspecified atom stereocenters. The van der Waals surface area contributed by atoms with Crippen molar-refractivity contribution >= 4 is 23.6 Å². The van der Waals surface area contributed by atoms with Gasteiger partial charge in [0.1, 0.15) is 5.82 Å². The number of carbonyl (C=O) groups is 1. The maximum absolute atomic E-state index is 12.9. The van der Waals surface area contributed by atoms with Crippen LogP contribution in [0.1, 0.15) is 11.1 Å². The van der Waals surface area contributed by atoms with E-state index in [2.05, 4.69) is 0 Å². The Hall–Kier alpha value is -2.53. The molecule has 1 aliphatic rings. The van der Waals surface area contributed by atoms with Gasteiger partial charge in [0.05, 0.1) is 5.02 Å². The number of likely N-dealkylation sites (N-methyl/N-ethyl adjacent to an activating group) is 1. The number of fused-ring (bicyclic) bond motifs is 1. The summed E-state index contributed by atoms with van der Waals surface area (Å²) < 4.78 is 23.4. The van der Waals surface area contributed by atoms with Crippen molar-refractivity contribution in [1.29, 1.82) is 0 Å². The number of hydrogen-bond donors (Lipinski definition) is 0. The Bertz CT molecular complexity index is 790. The predicted molar refractivity (Wildman–Crippen MR) is 89.5 cm³/mol. The monoisotopic (exact) mass is 347 g/mol. The highest BCUT2D eigenvalue weighted by atomic mass is 35.5. The summed E-state index contributed by atoms with van der Waals surface area (Å²) in [6.45, 7) is 0.535. The average Bonchev–Trinajstić information content (AvgIpc) is 3.04. The minimum Gasteiger partial charge on any atom is -0.454 e. The second kappa shape index (κ2) is 6.93. The molecule has 1 amide bonds. The summed E-state index contributed by atoms with van der Waals surface area (Å²) in [6.07, 6.45) is 3.12. The Labute approximate surface area is 144 Å². The van der Waals surface area contributed by atoms with Gasteiger partial charge in [0, 0.05) is 19.7 Å². The van der Waals surface area contributed by atoms with Gasteiger partial charge in [-0.25, -0.2) is 4.39 Å². The molecule has 0 spiro atoms. The highest BCUT2D eigenvalue weighted by Gasteiger charge is 2.17. The lowest BCUT2D eigenvalue weighted by Gasteiger charge is -2.15. The van der Waals surface area contributed by atoms with E-state index in [1.165, 1.54) is 18.2 Å². The number of rotatable bonds is 4. The smallest absolute Gasteiger partial charge is 0.246 e. The summed E-state index contributed by atoms with van der Waals surface area (Å²) in [7, 11) is 1.68. The van der Waals surface area contributed by atoms with Crippen molar-refractivity contribution in [2.45, 2.75) is 6.54 Å². The molecule has 0 aliphatic carbocycles. The summed E-state index contributed by atoms with van der Waals surface area (Å²) in [5, 5.41) is 0.441. The molecule has 3 rings (SSSR count). The van der Waals surface area contributed by atoms with Gasteiger partial charge in [-0.2, -0.15) is 0 Å². The topological polar surface area (TPSA) is 38.8 Å². The molecule has 2 aromatic carbocycles. The van der Waals surface area contributed by atoms with Gasteiger partial charge in [0.15, 0.2) is 11.5 Å². The molecule has 0 N–H and O–H groups in total. The molecule has 24 heavy (non-hydrogen) atoms. The van der Waals surface area contributed by atoms with Gasteiger partial charge in [-0.3, -0.25) is 4.79 Å². The summed E-state index contributed by atoms with van der Waals surface area (Å²) in [6, 6.07) is 9.52.